The predicted octanol–water partition coefficient (Wildman–Crippen LogP) is 14.1. The van der Waals surface area contributed by atoms with Gasteiger partial charge in [0.05, 0.1) is 0 Å². The standard InChI is InChI=1S/C50H32/c1-6-20-38-33(13-1)18-11-25-43(38)45-30-27-35-15-3-9-23-41(35)49(45)47-32-29-37-17-5-10-24-42(37)50(47)46-31-28-36-16-4-8-22-40(36)48(46)44-26-12-19-34-14-2-7-21-39(34)44/h1-32H. The Balaban J connectivity index is 1.39. The Labute approximate surface area is 291 Å². The first-order valence-corrected chi connectivity index (χ1v) is 17.4. The lowest BCUT2D eigenvalue weighted by Gasteiger charge is -2.23. The number of benzene rings is 10. The molecule has 0 nitrogen and oxygen atoms in total. The molecule has 0 aromatic heterocycles. The molecule has 0 heterocycles. The molecule has 10 aromatic carbocycles. The van der Waals surface area contributed by atoms with Crippen molar-refractivity contribution in [3.63, 3.8) is 0 Å². The molecule has 0 aliphatic rings. The largest absolute Gasteiger partial charge is 0.0616 e. The second kappa shape index (κ2) is 11.6. The van der Waals surface area contributed by atoms with Crippen molar-refractivity contribution in [2.24, 2.45) is 0 Å². The summed E-state index contributed by atoms with van der Waals surface area (Å²) in [6.45, 7) is 0. The first-order chi connectivity index (χ1) is 24.8. The molecule has 0 amide bonds. The summed E-state index contributed by atoms with van der Waals surface area (Å²) in [5, 5.41) is 12.5. The third kappa shape index (κ3) is 4.46. The van der Waals surface area contributed by atoms with E-state index in [1.165, 1.54) is 98.4 Å². The lowest BCUT2D eigenvalue weighted by Crippen LogP contribution is -1.96. The van der Waals surface area contributed by atoms with Gasteiger partial charge in [-0.05, 0) is 98.4 Å². The van der Waals surface area contributed by atoms with E-state index in [9.17, 15) is 0 Å². The minimum absolute atomic E-state index is 1.23. The molecule has 0 bridgehead atoms. The van der Waals surface area contributed by atoms with Crippen molar-refractivity contribution in [2.45, 2.75) is 0 Å². The summed E-state index contributed by atoms with van der Waals surface area (Å²) in [4.78, 5) is 0. The van der Waals surface area contributed by atoms with Crippen LogP contribution in [-0.4, -0.2) is 0 Å². The Morgan fingerprint density at radius 1 is 0.160 bits per heavy atom. The van der Waals surface area contributed by atoms with Crippen molar-refractivity contribution in [3.05, 3.63) is 194 Å². The predicted molar refractivity (Wildman–Crippen MR) is 216 cm³/mol. The van der Waals surface area contributed by atoms with Crippen LogP contribution in [0.3, 0.4) is 0 Å². The van der Waals surface area contributed by atoms with Crippen LogP contribution in [0.2, 0.25) is 0 Å². The zero-order valence-corrected chi connectivity index (χ0v) is 27.5. The molecule has 10 aromatic rings. The molecular formula is C50H32. The van der Waals surface area contributed by atoms with Gasteiger partial charge in [0.2, 0.25) is 0 Å². The highest BCUT2D eigenvalue weighted by Gasteiger charge is 2.23. The van der Waals surface area contributed by atoms with Crippen LogP contribution in [0.15, 0.2) is 194 Å². The van der Waals surface area contributed by atoms with Crippen LogP contribution < -0.4 is 0 Å². The van der Waals surface area contributed by atoms with Crippen LogP contribution in [0, 0.1) is 0 Å². The first-order valence-electron chi connectivity index (χ1n) is 17.4. The minimum Gasteiger partial charge on any atom is -0.0616 e. The molecule has 0 spiro atoms. The molecule has 10 rings (SSSR count). The fraction of sp³-hybridized carbons (Fsp3) is 0. The highest BCUT2D eigenvalue weighted by atomic mass is 14.3. The number of hydrogen-bond donors (Lipinski definition) is 0. The van der Waals surface area contributed by atoms with E-state index in [1.54, 1.807) is 0 Å². The van der Waals surface area contributed by atoms with Crippen molar-refractivity contribution in [3.8, 4) is 44.5 Å². The van der Waals surface area contributed by atoms with E-state index in [2.05, 4.69) is 194 Å². The zero-order chi connectivity index (χ0) is 33.0. The number of hydrogen-bond acceptors (Lipinski definition) is 0. The van der Waals surface area contributed by atoms with Gasteiger partial charge in [-0.3, -0.25) is 0 Å². The van der Waals surface area contributed by atoms with Gasteiger partial charge in [-0.25, -0.2) is 0 Å². The summed E-state index contributed by atoms with van der Waals surface area (Å²) in [5.74, 6) is 0. The summed E-state index contributed by atoms with van der Waals surface area (Å²) in [6.07, 6.45) is 0. The lowest BCUT2D eigenvalue weighted by molar-refractivity contribution is 1.62. The van der Waals surface area contributed by atoms with Crippen molar-refractivity contribution < 1.29 is 0 Å². The van der Waals surface area contributed by atoms with Crippen molar-refractivity contribution in [2.75, 3.05) is 0 Å². The van der Waals surface area contributed by atoms with Crippen LogP contribution in [0.4, 0.5) is 0 Å². The molecule has 0 heteroatoms. The molecule has 0 fully saturated rings. The Morgan fingerprint density at radius 2 is 0.460 bits per heavy atom. The van der Waals surface area contributed by atoms with E-state index in [1.807, 2.05) is 0 Å². The molecule has 50 heavy (non-hydrogen) atoms. The molecule has 232 valence electrons. The van der Waals surface area contributed by atoms with Crippen molar-refractivity contribution in [1.82, 2.24) is 0 Å². The fourth-order valence-corrected chi connectivity index (χ4v) is 8.23. The fourth-order valence-electron chi connectivity index (χ4n) is 8.23. The average molecular weight is 633 g/mol. The molecule has 0 atom stereocenters. The van der Waals surface area contributed by atoms with E-state index in [0.717, 1.165) is 0 Å². The smallest absolute Gasteiger partial charge is 0.00199 e. The minimum atomic E-state index is 1.23. The highest BCUT2D eigenvalue weighted by Crippen LogP contribution is 2.50. The highest BCUT2D eigenvalue weighted by molar-refractivity contribution is 6.19. The van der Waals surface area contributed by atoms with E-state index in [-0.39, 0.29) is 0 Å². The molecule has 0 N–H and O–H groups in total. The summed E-state index contributed by atoms with van der Waals surface area (Å²) >= 11 is 0. The molecule has 0 saturated carbocycles. The summed E-state index contributed by atoms with van der Waals surface area (Å²) in [5.41, 5.74) is 10.0. The zero-order valence-electron chi connectivity index (χ0n) is 27.5. The molecule has 0 aliphatic heterocycles. The van der Waals surface area contributed by atoms with Gasteiger partial charge in [0, 0.05) is 0 Å². The van der Waals surface area contributed by atoms with Gasteiger partial charge in [0.15, 0.2) is 0 Å². The molecule has 0 aliphatic carbocycles. The second-order valence-electron chi connectivity index (χ2n) is 13.2. The van der Waals surface area contributed by atoms with Crippen LogP contribution in [0.5, 0.6) is 0 Å². The summed E-state index contributed by atoms with van der Waals surface area (Å²) in [6, 6.07) is 71.5. The summed E-state index contributed by atoms with van der Waals surface area (Å²) in [7, 11) is 0. The molecule has 0 unspecified atom stereocenters. The monoisotopic (exact) mass is 632 g/mol. The molecular weight excluding hydrogens is 601 g/mol. The van der Waals surface area contributed by atoms with E-state index in [0.29, 0.717) is 0 Å². The Bertz CT molecular complexity index is 2920. The van der Waals surface area contributed by atoms with Crippen LogP contribution >= 0.6 is 0 Å². The van der Waals surface area contributed by atoms with Crippen molar-refractivity contribution >= 4 is 53.9 Å². The Kier molecular flexibility index (Phi) is 6.60. The van der Waals surface area contributed by atoms with E-state index < -0.39 is 0 Å². The molecule has 0 saturated heterocycles. The number of rotatable bonds is 4. The molecule has 0 radical (unpaired) electrons. The maximum absolute atomic E-state index is 2.37. The van der Waals surface area contributed by atoms with Gasteiger partial charge in [0.1, 0.15) is 0 Å². The Morgan fingerprint density at radius 3 is 0.940 bits per heavy atom. The van der Waals surface area contributed by atoms with Gasteiger partial charge in [-0.15, -0.1) is 0 Å². The second-order valence-corrected chi connectivity index (χ2v) is 13.2. The Hall–Kier alpha value is -6.50. The van der Waals surface area contributed by atoms with Gasteiger partial charge >= 0.3 is 0 Å². The van der Waals surface area contributed by atoms with Gasteiger partial charge in [-0.2, -0.15) is 0 Å². The van der Waals surface area contributed by atoms with Gasteiger partial charge in [0.25, 0.3) is 0 Å². The maximum atomic E-state index is 2.37. The third-order valence-electron chi connectivity index (χ3n) is 10.5. The average Bonchev–Trinajstić information content (AvgIpc) is 3.19. The quantitative estimate of drug-likeness (QED) is 0.181. The van der Waals surface area contributed by atoms with Gasteiger partial charge < -0.3 is 0 Å². The van der Waals surface area contributed by atoms with Crippen LogP contribution in [0.25, 0.3) is 98.4 Å². The van der Waals surface area contributed by atoms with Gasteiger partial charge in [-0.1, -0.05) is 194 Å². The maximum Gasteiger partial charge on any atom is -0.00199 e. The van der Waals surface area contributed by atoms with E-state index >= 15 is 0 Å². The van der Waals surface area contributed by atoms with Crippen LogP contribution in [-0.2, 0) is 0 Å². The normalized spacial score (nSPS) is 11.6. The SMILES string of the molecule is c1ccc2c(-c3ccc4ccccc4c3-c3ccc4ccccc4c3-c3ccc4ccccc4c3-c3cccc4ccccc34)cccc2c1. The topological polar surface area (TPSA) is 0 Å². The third-order valence-corrected chi connectivity index (χ3v) is 10.5. The lowest BCUT2D eigenvalue weighted by atomic mass is 9.80. The first kappa shape index (κ1) is 28.5. The van der Waals surface area contributed by atoms with E-state index in [4.69, 9.17) is 0 Å². The number of fused-ring (bicyclic) bond motifs is 5. The summed E-state index contributed by atoms with van der Waals surface area (Å²) < 4.78 is 0. The van der Waals surface area contributed by atoms with Crippen molar-refractivity contribution in [1.29, 1.82) is 0 Å². The van der Waals surface area contributed by atoms with Crippen LogP contribution in [0.1, 0.15) is 0 Å².